The van der Waals surface area contributed by atoms with E-state index in [9.17, 15) is 4.79 Å². The molecule has 0 aromatic carbocycles. The number of carbonyl (C=O) groups is 1. The fourth-order valence-electron chi connectivity index (χ4n) is 2.70. The summed E-state index contributed by atoms with van der Waals surface area (Å²) in [5.41, 5.74) is 6.28. The lowest BCUT2D eigenvalue weighted by atomic mass is 9.86. The van der Waals surface area contributed by atoms with Crippen LogP contribution in [0.3, 0.4) is 0 Å². The molecule has 1 aliphatic heterocycles. The molecule has 106 valence electrons. The highest BCUT2D eigenvalue weighted by Gasteiger charge is 2.27. The van der Waals surface area contributed by atoms with E-state index in [1.165, 1.54) is 0 Å². The van der Waals surface area contributed by atoms with E-state index in [2.05, 4.69) is 34.6 Å². The summed E-state index contributed by atoms with van der Waals surface area (Å²) in [5, 5.41) is 0. The first-order valence-corrected chi connectivity index (χ1v) is 7.22. The third-order valence-electron chi connectivity index (χ3n) is 4.00. The first-order chi connectivity index (χ1) is 8.19. The molecule has 1 fully saturated rings. The van der Waals surface area contributed by atoms with Gasteiger partial charge in [-0.15, -0.1) is 0 Å². The summed E-state index contributed by atoms with van der Waals surface area (Å²) in [6, 6.07) is -0.00726. The van der Waals surface area contributed by atoms with Crippen LogP contribution in [0.5, 0.6) is 0 Å². The van der Waals surface area contributed by atoms with Gasteiger partial charge in [0.15, 0.2) is 0 Å². The van der Waals surface area contributed by atoms with Crippen molar-refractivity contribution in [1.82, 2.24) is 4.90 Å². The number of likely N-dealkylation sites (tertiary alicyclic amines) is 1. The molecule has 0 aliphatic carbocycles. The Morgan fingerprint density at radius 3 is 2.44 bits per heavy atom. The molecule has 1 amide bonds. The summed E-state index contributed by atoms with van der Waals surface area (Å²) in [7, 11) is 0. The minimum Gasteiger partial charge on any atom is -0.342 e. The van der Waals surface area contributed by atoms with Gasteiger partial charge in [-0.25, -0.2) is 0 Å². The highest BCUT2D eigenvalue weighted by Crippen LogP contribution is 2.24. The molecule has 1 rings (SSSR count). The van der Waals surface area contributed by atoms with Crippen LogP contribution in [0.15, 0.2) is 0 Å². The molecule has 0 spiro atoms. The fraction of sp³-hybridized carbons (Fsp3) is 0.933. The van der Waals surface area contributed by atoms with E-state index in [1.807, 2.05) is 4.90 Å². The molecule has 1 aliphatic rings. The standard InChI is InChI=1S/C15H30N2O/c1-11-6-7-17(10-12(11)2)14(18)8-13(16)9-15(3,4)5/h11-13H,6-10,16H2,1-5H3. The van der Waals surface area contributed by atoms with Crippen LogP contribution in [0.25, 0.3) is 0 Å². The minimum atomic E-state index is -0.00726. The van der Waals surface area contributed by atoms with Crippen LogP contribution in [0.4, 0.5) is 0 Å². The smallest absolute Gasteiger partial charge is 0.224 e. The molecular weight excluding hydrogens is 224 g/mol. The quantitative estimate of drug-likeness (QED) is 0.841. The lowest BCUT2D eigenvalue weighted by molar-refractivity contribution is -0.134. The Kier molecular flexibility index (Phi) is 5.20. The van der Waals surface area contributed by atoms with E-state index < -0.39 is 0 Å². The second kappa shape index (κ2) is 6.05. The fourth-order valence-corrected chi connectivity index (χ4v) is 2.70. The first-order valence-electron chi connectivity index (χ1n) is 7.22. The highest BCUT2D eigenvalue weighted by molar-refractivity contribution is 5.76. The molecule has 0 aromatic heterocycles. The SMILES string of the molecule is CC1CCN(C(=O)CC(N)CC(C)(C)C)CC1C. The van der Waals surface area contributed by atoms with Gasteiger partial charge in [0.05, 0.1) is 0 Å². The number of nitrogens with zero attached hydrogens (tertiary/aromatic N) is 1. The van der Waals surface area contributed by atoms with Crippen molar-refractivity contribution in [3.05, 3.63) is 0 Å². The first kappa shape index (κ1) is 15.5. The monoisotopic (exact) mass is 254 g/mol. The average Bonchev–Trinajstić information content (AvgIpc) is 2.18. The molecule has 18 heavy (non-hydrogen) atoms. The van der Waals surface area contributed by atoms with Gasteiger partial charge in [0.25, 0.3) is 0 Å². The third kappa shape index (κ3) is 4.97. The summed E-state index contributed by atoms with van der Waals surface area (Å²) >= 11 is 0. The van der Waals surface area contributed by atoms with E-state index in [1.54, 1.807) is 0 Å². The predicted molar refractivity (Wildman–Crippen MR) is 76.2 cm³/mol. The van der Waals surface area contributed by atoms with Crippen molar-refractivity contribution in [3.8, 4) is 0 Å². The van der Waals surface area contributed by atoms with Gasteiger partial charge in [-0.3, -0.25) is 4.79 Å². The van der Waals surface area contributed by atoms with Gasteiger partial charge >= 0.3 is 0 Å². The maximum Gasteiger partial charge on any atom is 0.224 e. The summed E-state index contributed by atoms with van der Waals surface area (Å²) in [5.74, 6) is 1.59. The second-order valence-corrected chi connectivity index (χ2v) is 7.31. The van der Waals surface area contributed by atoms with Crippen LogP contribution < -0.4 is 5.73 Å². The molecule has 1 heterocycles. The normalized spacial score (nSPS) is 27.1. The maximum absolute atomic E-state index is 12.2. The van der Waals surface area contributed by atoms with Crippen molar-refractivity contribution < 1.29 is 4.79 Å². The summed E-state index contributed by atoms with van der Waals surface area (Å²) in [6.07, 6.45) is 2.53. The van der Waals surface area contributed by atoms with Crippen LogP contribution in [-0.4, -0.2) is 29.9 Å². The van der Waals surface area contributed by atoms with Gasteiger partial charge in [-0.05, 0) is 30.1 Å². The van der Waals surface area contributed by atoms with Crippen molar-refractivity contribution in [2.24, 2.45) is 23.0 Å². The number of rotatable bonds is 3. The molecule has 2 N–H and O–H groups in total. The van der Waals surface area contributed by atoms with E-state index in [4.69, 9.17) is 5.73 Å². The Bertz CT molecular complexity index is 283. The number of hydrogen-bond acceptors (Lipinski definition) is 2. The number of hydrogen-bond donors (Lipinski definition) is 1. The molecular formula is C15H30N2O. The number of piperidine rings is 1. The highest BCUT2D eigenvalue weighted by atomic mass is 16.2. The molecule has 3 nitrogen and oxygen atoms in total. The van der Waals surface area contributed by atoms with E-state index >= 15 is 0 Å². The van der Waals surface area contributed by atoms with Gasteiger partial charge in [0, 0.05) is 25.6 Å². The van der Waals surface area contributed by atoms with E-state index in [-0.39, 0.29) is 17.4 Å². The number of amides is 1. The van der Waals surface area contributed by atoms with Crippen LogP contribution >= 0.6 is 0 Å². The minimum absolute atomic E-state index is 0.00726. The van der Waals surface area contributed by atoms with Crippen LogP contribution in [0.1, 0.15) is 53.9 Å². The molecule has 1 saturated heterocycles. The van der Waals surface area contributed by atoms with E-state index in [0.717, 1.165) is 31.8 Å². The van der Waals surface area contributed by atoms with Crippen molar-refractivity contribution in [3.63, 3.8) is 0 Å². The Morgan fingerprint density at radius 2 is 1.94 bits per heavy atom. The zero-order valence-corrected chi connectivity index (χ0v) is 12.7. The summed E-state index contributed by atoms with van der Waals surface area (Å²) < 4.78 is 0. The van der Waals surface area contributed by atoms with Crippen LogP contribution in [0, 0.1) is 17.3 Å². The Morgan fingerprint density at radius 1 is 1.33 bits per heavy atom. The van der Waals surface area contributed by atoms with Gasteiger partial charge < -0.3 is 10.6 Å². The lowest BCUT2D eigenvalue weighted by Gasteiger charge is -2.36. The van der Waals surface area contributed by atoms with Crippen molar-refractivity contribution in [1.29, 1.82) is 0 Å². The van der Waals surface area contributed by atoms with E-state index in [0.29, 0.717) is 12.3 Å². The van der Waals surface area contributed by atoms with Crippen molar-refractivity contribution in [2.45, 2.75) is 59.9 Å². The maximum atomic E-state index is 12.2. The van der Waals surface area contributed by atoms with Crippen molar-refractivity contribution in [2.75, 3.05) is 13.1 Å². The van der Waals surface area contributed by atoms with Crippen LogP contribution in [-0.2, 0) is 4.79 Å². The van der Waals surface area contributed by atoms with Crippen LogP contribution in [0.2, 0.25) is 0 Å². The average molecular weight is 254 g/mol. The topological polar surface area (TPSA) is 46.3 Å². The van der Waals surface area contributed by atoms with Gasteiger partial charge in [-0.2, -0.15) is 0 Å². The molecule has 0 bridgehead atoms. The molecule has 0 aromatic rings. The molecule has 3 unspecified atom stereocenters. The molecule has 3 heteroatoms. The Balaban J connectivity index is 2.41. The number of nitrogens with two attached hydrogens (primary N) is 1. The van der Waals surface area contributed by atoms with Crippen molar-refractivity contribution >= 4 is 5.91 Å². The molecule has 0 radical (unpaired) electrons. The lowest BCUT2D eigenvalue weighted by Crippen LogP contribution is -2.44. The zero-order chi connectivity index (χ0) is 13.9. The van der Waals surface area contributed by atoms with Gasteiger partial charge in [0.1, 0.15) is 0 Å². The molecule has 3 atom stereocenters. The number of carbonyl (C=O) groups excluding carboxylic acids is 1. The third-order valence-corrected chi connectivity index (χ3v) is 4.00. The Hall–Kier alpha value is -0.570. The van der Waals surface area contributed by atoms with Gasteiger partial charge in [0.2, 0.25) is 5.91 Å². The molecule has 0 saturated carbocycles. The van der Waals surface area contributed by atoms with Gasteiger partial charge in [-0.1, -0.05) is 34.6 Å². The second-order valence-electron chi connectivity index (χ2n) is 7.31. The zero-order valence-electron chi connectivity index (χ0n) is 12.7. The Labute approximate surface area is 112 Å². The summed E-state index contributed by atoms with van der Waals surface area (Å²) in [4.78, 5) is 14.2. The predicted octanol–water partition coefficient (Wildman–Crippen LogP) is 2.64. The largest absolute Gasteiger partial charge is 0.342 e. The summed E-state index contributed by atoms with van der Waals surface area (Å²) in [6.45, 7) is 12.8.